The van der Waals surface area contributed by atoms with Crippen molar-refractivity contribution in [2.45, 2.75) is 184 Å². The molecule has 0 aromatic rings. The summed E-state index contributed by atoms with van der Waals surface area (Å²) in [6.45, 7) is 3.45. The highest BCUT2D eigenvalue weighted by molar-refractivity contribution is 5.69. The summed E-state index contributed by atoms with van der Waals surface area (Å²) in [5.41, 5.74) is 0. The van der Waals surface area contributed by atoms with E-state index in [-0.39, 0.29) is 19.6 Å². The Bertz CT molecular complexity index is 980. The predicted molar refractivity (Wildman–Crippen MR) is 197 cm³/mol. The lowest BCUT2D eigenvalue weighted by Gasteiger charge is -2.42. The molecule has 310 valence electrons. The van der Waals surface area contributed by atoms with Gasteiger partial charge in [0, 0.05) is 13.0 Å². The van der Waals surface area contributed by atoms with Gasteiger partial charge in [-0.25, -0.2) is 0 Å². The van der Waals surface area contributed by atoms with Gasteiger partial charge in [0.25, 0.3) is 0 Å². The molecule has 11 unspecified atom stereocenters. The average Bonchev–Trinajstić information content (AvgIpc) is 3.15. The van der Waals surface area contributed by atoms with E-state index in [9.17, 15) is 40.5 Å². The third-order valence-corrected chi connectivity index (χ3v) is 9.46. The van der Waals surface area contributed by atoms with Crippen molar-refractivity contribution in [1.29, 1.82) is 0 Å². The van der Waals surface area contributed by atoms with E-state index in [2.05, 4.69) is 38.2 Å². The average molecular weight is 763 g/mol. The summed E-state index contributed by atoms with van der Waals surface area (Å²) in [4.78, 5) is 12.6. The predicted octanol–water partition coefficient (Wildman–Crippen LogP) is 2.95. The fourth-order valence-electron chi connectivity index (χ4n) is 6.06. The summed E-state index contributed by atoms with van der Waals surface area (Å²) in [7, 11) is 0. The van der Waals surface area contributed by atoms with Crippen molar-refractivity contribution in [2.75, 3.05) is 33.0 Å². The van der Waals surface area contributed by atoms with E-state index in [1.54, 1.807) is 0 Å². The van der Waals surface area contributed by atoms with Crippen LogP contribution in [-0.4, -0.2) is 142 Å². The molecular weight excluding hydrogens is 692 g/mol. The first-order valence-electron chi connectivity index (χ1n) is 19.9. The molecule has 11 atom stereocenters. The van der Waals surface area contributed by atoms with Crippen LogP contribution in [0.3, 0.4) is 0 Å². The molecule has 2 rings (SSSR count). The molecule has 53 heavy (non-hydrogen) atoms. The topological polar surface area (TPSA) is 214 Å². The molecule has 0 aromatic carbocycles. The number of esters is 1. The second-order valence-electron chi connectivity index (χ2n) is 14.1. The van der Waals surface area contributed by atoms with E-state index in [1.165, 1.54) is 25.7 Å². The van der Waals surface area contributed by atoms with Gasteiger partial charge in [-0.15, -0.1) is 0 Å². The first-order valence-corrected chi connectivity index (χ1v) is 19.9. The maximum absolute atomic E-state index is 12.6. The first kappa shape index (κ1) is 47.6. The molecule has 0 bridgehead atoms. The SMILES string of the molecule is CCCC/C=C\C/C=C\CCCCCCCCOCC(COC1OC(COC2OC(CO)C(O)C(O)C2O)C(O)C(O)C1O)OC(=O)CCCCCC. The van der Waals surface area contributed by atoms with Crippen LogP contribution in [0.2, 0.25) is 0 Å². The molecule has 2 aliphatic heterocycles. The van der Waals surface area contributed by atoms with Crippen LogP contribution in [-0.2, 0) is 33.2 Å². The number of unbranched alkanes of at least 4 members (excludes halogenated alkanes) is 11. The Hall–Kier alpha value is -1.53. The lowest BCUT2D eigenvalue weighted by Crippen LogP contribution is -2.61. The smallest absolute Gasteiger partial charge is 0.306 e. The van der Waals surface area contributed by atoms with Crippen molar-refractivity contribution >= 4 is 5.97 Å². The standard InChI is InChI=1S/C39H70O14/c1-3-5-7-9-10-11-12-13-14-15-16-17-18-19-21-23-48-25-28(51-31(41)22-20-8-6-4-2)26-49-38-37(47)35(45)33(43)30(53-38)27-50-39-36(46)34(44)32(42)29(24-40)52-39/h9-10,12-13,28-30,32-40,42-47H,3-8,11,14-27H2,1-2H3/b10-9-,13-12-. The summed E-state index contributed by atoms with van der Waals surface area (Å²) in [6, 6.07) is 0. The molecule has 7 N–H and O–H groups in total. The van der Waals surface area contributed by atoms with Crippen LogP contribution < -0.4 is 0 Å². The minimum absolute atomic E-state index is 0.0540. The quantitative estimate of drug-likeness (QED) is 0.0332. The van der Waals surface area contributed by atoms with Crippen molar-refractivity contribution in [2.24, 2.45) is 0 Å². The second-order valence-corrected chi connectivity index (χ2v) is 14.1. The minimum Gasteiger partial charge on any atom is -0.457 e. The van der Waals surface area contributed by atoms with Gasteiger partial charge in [0.2, 0.25) is 0 Å². The number of carbonyl (C=O) groups is 1. The van der Waals surface area contributed by atoms with E-state index in [4.69, 9.17) is 28.4 Å². The molecule has 2 heterocycles. The van der Waals surface area contributed by atoms with E-state index in [0.717, 1.165) is 64.2 Å². The van der Waals surface area contributed by atoms with Crippen LogP contribution in [0.1, 0.15) is 117 Å². The third-order valence-electron chi connectivity index (χ3n) is 9.46. The summed E-state index contributed by atoms with van der Waals surface area (Å²) in [6.07, 6.45) is 8.99. The third kappa shape index (κ3) is 18.8. The van der Waals surface area contributed by atoms with Crippen LogP contribution in [0.5, 0.6) is 0 Å². The van der Waals surface area contributed by atoms with Gasteiger partial charge in [0.05, 0.1) is 26.4 Å². The van der Waals surface area contributed by atoms with Gasteiger partial charge in [-0.2, -0.15) is 0 Å². The monoisotopic (exact) mass is 762 g/mol. The largest absolute Gasteiger partial charge is 0.457 e. The van der Waals surface area contributed by atoms with Gasteiger partial charge in [0.1, 0.15) is 54.9 Å². The highest BCUT2D eigenvalue weighted by Crippen LogP contribution is 2.26. The number of allylic oxidation sites excluding steroid dienone is 4. The van der Waals surface area contributed by atoms with Crippen molar-refractivity contribution in [3.05, 3.63) is 24.3 Å². The van der Waals surface area contributed by atoms with E-state index >= 15 is 0 Å². The Labute approximate surface area is 316 Å². The molecule has 0 aliphatic carbocycles. The van der Waals surface area contributed by atoms with E-state index in [1.807, 2.05) is 0 Å². The van der Waals surface area contributed by atoms with Gasteiger partial charge < -0.3 is 64.2 Å². The summed E-state index contributed by atoms with van der Waals surface area (Å²) in [5, 5.41) is 71.4. The molecule has 2 fully saturated rings. The lowest BCUT2D eigenvalue weighted by molar-refractivity contribution is -0.332. The second kappa shape index (κ2) is 28.8. The maximum atomic E-state index is 12.6. The van der Waals surface area contributed by atoms with Gasteiger partial charge in [-0.3, -0.25) is 4.79 Å². The van der Waals surface area contributed by atoms with Crippen molar-refractivity contribution < 1.29 is 69.0 Å². The summed E-state index contributed by atoms with van der Waals surface area (Å²) >= 11 is 0. The number of carbonyl (C=O) groups excluding carboxylic acids is 1. The normalized spacial score (nSPS) is 30.0. The minimum atomic E-state index is -1.70. The Morgan fingerprint density at radius 1 is 0.623 bits per heavy atom. The Morgan fingerprint density at radius 3 is 1.85 bits per heavy atom. The van der Waals surface area contributed by atoms with E-state index < -0.39 is 86.7 Å². The zero-order chi connectivity index (χ0) is 38.8. The van der Waals surface area contributed by atoms with Gasteiger partial charge in [0.15, 0.2) is 12.6 Å². The zero-order valence-corrected chi connectivity index (χ0v) is 32.0. The van der Waals surface area contributed by atoms with Gasteiger partial charge in [-0.1, -0.05) is 95.9 Å². The highest BCUT2D eigenvalue weighted by Gasteiger charge is 2.47. The van der Waals surface area contributed by atoms with Crippen LogP contribution in [0.4, 0.5) is 0 Å². The molecular formula is C39H70O14. The van der Waals surface area contributed by atoms with E-state index in [0.29, 0.717) is 13.0 Å². The molecule has 0 aromatic heterocycles. The fourth-order valence-corrected chi connectivity index (χ4v) is 6.06. The first-order chi connectivity index (χ1) is 25.6. The fraction of sp³-hybridized carbons (Fsp3) is 0.872. The Morgan fingerprint density at radius 2 is 1.19 bits per heavy atom. The molecule has 14 heteroatoms. The summed E-state index contributed by atoms with van der Waals surface area (Å²) < 4.78 is 33.8. The number of hydrogen-bond acceptors (Lipinski definition) is 14. The molecule has 0 spiro atoms. The number of rotatable bonds is 29. The number of ether oxygens (including phenoxy) is 6. The number of aliphatic hydroxyl groups is 7. The van der Waals surface area contributed by atoms with Crippen LogP contribution >= 0.6 is 0 Å². The van der Waals surface area contributed by atoms with Crippen molar-refractivity contribution in [3.63, 3.8) is 0 Å². The van der Waals surface area contributed by atoms with Gasteiger partial charge >= 0.3 is 5.97 Å². The molecule has 0 radical (unpaired) electrons. The molecule has 2 saturated heterocycles. The zero-order valence-electron chi connectivity index (χ0n) is 32.0. The molecule has 14 nitrogen and oxygen atoms in total. The highest BCUT2D eigenvalue weighted by atomic mass is 16.7. The van der Waals surface area contributed by atoms with Crippen molar-refractivity contribution in [3.8, 4) is 0 Å². The number of hydrogen-bond donors (Lipinski definition) is 7. The van der Waals surface area contributed by atoms with Crippen LogP contribution in [0.25, 0.3) is 0 Å². The Kier molecular flexibility index (Phi) is 25.9. The van der Waals surface area contributed by atoms with Crippen LogP contribution in [0, 0.1) is 0 Å². The molecule has 2 aliphatic rings. The van der Waals surface area contributed by atoms with Crippen molar-refractivity contribution in [1.82, 2.24) is 0 Å². The Balaban J connectivity index is 1.79. The van der Waals surface area contributed by atoms with Gasteiger partial charge in [-0.05, 0) is 38.5 Å². The summed E-state index contributed by atoms with van der Waals surface area (Å²) in [5.74, 6) is -0.400. The molecule has 0 amide bonds. The lowest BCUT2D eigenvalue weighted by atomic mass is 9.98. The van der Waals surface area contributed by atoms with Crippen LogP contribution in [0.15, 0.2) is 24.3 Å². The molecule has 0 saturated carbocycles. The number of aliphatic hydroxyl groups excluding tert-OH is 7. The maximum Gasteiger partial charge on any atom is 0.306 e.